The van der Waals surface area contributed by atoms with Crippen LogP contribution in [0.2, 0.25) is 0 Å². The van der Waals surface area contributed by atoms with Crippen LogP contribution >= 0.6 is 24.0 Å². The largest absolute Gasteiger partial charge is 0.480 e. The predicted octanol–water partition coefficient (Wildman–Crippen LogP) is 2.06. The molecule has 0 aromatic rings. The summed E-state index contributed by atoms with van der Waals surface area (Å²) in [5, 5.41) is 9.75. The number of aliphatic hydroxyl groups is 1. The van der Waals surface area contributed by atoms with Crippen molar-refractivity contribution in [3.05, 3.63) is 0 Å². The van der Waals surface area contributed by atoms with E-state index in [0.29, 0.717) is 17.7 Å². The van der Waals surface area contributed by atoms with Crippen LogP contribution in [-0.4, -0.2) is 28.0 Å². The first-order valence-corrected chi connectivity index (χ1v) is 7.01. The Morgan fingerprint density at radius 1 is 1.57 bits per heavy atom. The van der Waals surface area contributed by atoms with Gasteiger partial charge in [-0.3, -0.25) is 0 Å². The Hall–Kier alpha value is 0.200. The summed E-state index contributed by atoms with van der Waals surface area (Å²) < 4.78 is 6.20. The van der Waals surface area contributed by atoms with E-state index in [9.17, 15) is 5.11 Å². The van der Waals surface area contributed by atoms with Crippen LogP contribution in [0.25, 0.3) is 0 Å². The standard InChI is InChI=1S/C10H20O2S2/c1-10(11)5-3-8(4-6-10)7-12-9(13)14-2/h8,11H,3-7,14H2,1-2H3. The Balaban J connectivity index is 2.19. The molecule has 1 aliphatic carbocycles. The molecular weight excluding hydrogens is 216 g/mol. The van der Waals surface area contributed by atoms with Crippen LogP contribution in [0, 0.1) is 5.92 Å². The fourth-order valence-corrected chi connectivity index (χ4v) is 2.03. The van der Waals surface area contributed by atoms with Gasteiger partial charge in [0.15, 0.2) is 4.38 Å². The first-order chi connectivity index (χ1) is 6.53. The van der Waals surface area contributed by atoms with E-state index in [1.807, 2.05) is 13.2 Å². The highest BCUT2D eigenvalue weighted by Gasteiger charge is 2.28. The van der Waals surface area contributed by atoms with Crippen molar-refractivity contribution in [1.82, 2.24) is 0 Å². The molecular formula is C10H20O2S2. The quantitative estimate of drug-likeness (QED) is 0.744. The van der Waals surface area contributed by atoms with Gasteiger partial charge in [0.05, 0.1) is 12.2 Å². The Morgan fingerprint density at radius 3 is 2.64 bits per heavy atom. The van der Waals surface area contributed by atoms with E-state index in [-0.39, 0.29) is 0 Å². The molecule has 0 amide bonds. The van der Waals surface area contributed by atoms with Gasteiger partial charge in [-0.05, 0) is 57.0 Å². The summed E-state index contributed by atoms with van der Waals surface area (Å²) in [6, 6.07) is 0. The monoisotopic (exact) mass is 236 g/mol. The van der Waals surface area contributed by atoms with Crippen molar-refractivity contribution in [1.29, 1.82) is 0 Å². The van der Waals surface area contributed by atoms with Gasteiger partial charge in [0.25, 0.3) is 0 Å². The van der Waals surface area contributed by atoms with Gasteiger partial charge in [0, 0.05) is 0 Å². The minimum Gasteiger partial charge on any atom is -0.480 e. The van der Waals surface area contributed by atoms with Crippen LogP contribution in [-0.2, 0) is 4.74 Å². The van der Waals surface area contributed by atoms with Gasteiger partial charge < -0.3 is 9.84 Å². The van der Waals surface area contributed by atoms with Gasteiger partial charge in [0.1, 0.15) is 0 Å². The SMILES string of the molecule is C[SH2]C(=S)OCC1CCC(C)(O)CC1. The second-order valence-electron chi connectivity index (χ2n) is 4.29. The summed E-state index contributed by atoms with van der Waals surface area (Å²) in [5.41, 5.74) is -0.441. The summed E-state index contributed by atoms with van der Waals surface area (Å²) in [6.45, 7) is 2.66. The van der Waals surface area contributed by atoms with Crippen molar-refractivity contribution < 1.29 is 9.84 Å². The van der Waals surface area contributed by atoms with Crippen molar-refractivity contribution in [2.24, 2.45) is 5.92 Å². The lowest BCUT2D eigenvalue weighted by atomic mass is 9.80. The summed E-state index contributed by atoms with van der Waals surface area (Å²) in [6.07, 6.45) is 5.93. The summed E-state index contributed by atoms with van der Waals surface area (Å²) in [7, 11) is 0. The molecule has 0 aromatic carbocycles. The smallest absolute Gasteiger partial charge is 0.196 e. The molecule has 1 N–H and O–H groups in total. The minimum absolute atomic E-state index is 0.441. The van der Waals surface area contributed by atoms with Crippen LogP contribution < -0.4 is 0 Å². The molecule has 0 atom stereocenters. The average molecular weight is 236 g/mol. The minimum atomic E-state index is -0.441. The Bertz CT molecular complexity index is 194. The van der Waals surface area contributed by atoms with E-state index in [1.54, 1.807) is 0 Å². The van der Waals surface area contributed by atoms with E-state index in [1.165, 1.54) is 0 Å². The topological polar surface area (TPSA) is 29.5 Å². The van der Waals surface area contributed by atoms with Gasteiger partial charge in [-0.2, -0.15) is 11.8 Å². The predicted molar refractivity (Wildman–Crippen MR) is 67.4 cm³/mol. The van der Waals surface area contributed by atoms with E-state index in [2.05, 4.69) is 0 Å². The van der Waals surface area contributed by atoms with Gasteiger partial charge in [0.2, 0.25) is 0 Å². The maximum atomic E-state index is 9.75. The van der Waals surface area contributed by atoms with Crippen molar-refractivity contribution in [3.8, 4) is 0 Å². The lowest BCUT2D eigenvalue weighted by Crippen LogP contribution is -2.31. The molecule has 84 valence electrons. The van der Waals surface area contributed by atoms with E-state index in [0.717, 1.165) is 36.7 Å². The third-order valence-electron chi connectivity index (χ3n) is 2.84. The highest BCUT2D eigenvalue weighted by molar-refractivity contribution is 8.22. The average Bonchev–Trinajstić information content (AvgIpc) is 2.16. The third-order valence-corrected chi connectivity index (χ3v) is 4.12. The first kappa shape index (κ1) is 12.3. The molecule has 0 aliphatic heterocycles. The molecule has 0 saturated heterocycles. The van der Waals surface area contributed by atoms with Gasteiger partial charge >= 0.3 is 0 Å². The zero-order valence-electron chi connectivity index (χ0n) is 8.88. The summed E-state index contributed by atoms with van der Waals surface area (Å²) in [5.74, 6) is 0.588. The molecule has 1 rings (SSSR count). The van der Waals surface area contributed by atoms with Gasteiger partial charge in [-0.1, -0.05) is 0 Å². The zero-order valence-corrected chi connectivity index (χ0v) is 10.7. The lowest BCUT2D eigenvalue weighted by Gasteiger charge is -2.32. The number of hydrogen-bond donors (Lipinski definition) is 1. The van der Waals surface area contributed by atoms with Gasteiger partial charge in [-0.15, -0.1) is 0 Å². The molecule has 0 aromatic heterocycles. The highest BCUT2D eigenvalue weighted by atomic mass is 32.2. The van der Waals surface area contributed by atoms with Crippen molar-refractivity contribution >= 4 is 28.4 Å². The fourth-order valence-electron chi connectivity index (χ4n) is 1.73. The Kier molecular flexibility index (Phi) is 4.67. The molecule has 0 bridgehead atoms. The molecule has 0 spiro atoms. The second-order valence-corrected chi connectivity index (χ2v) is 5.98. The second kappa shape index (κ2) is 5.33. The molecule has 4 heteroatoms. The summed E-state index contributed by atoms with van der Waals surface area (Å²) >= 11 is 5.61. The maximum absolute atomic E-state index is 9.75. The van der Waals surface area contributed by atoms with Crippen molar-refractivity contribution in [2.75, 3.05) is 12.9 Å². The molecule has 0 radical (unpaired) electrons. The van der Waals surface area contributed by atoms with Crippen molar-refractivity contribution in [3.63, 3.8) is 0 Å². The molecule has 14 heavy (non-hydrogen) atoms. The van der Waals surface area contributed by atoms with Gasteiger partial charge in [-0.25, -0.2) is 0 Å². The highest BCUT2D eigenvalue weighted by Crippen LogP contribution is 2.31. The number of thiocarbonyl (C=S) groups is 1. The zero-order chi connectivity index (χ0) is 10.6. The molecule has 0 unspecified atom stereocenters. The lowest BCUT2D eigenvalue weighted by molar-refractivity contribution is 0.00122. The number of rotatable bonds is 2. The molecule has 1 fully saturated rings. The molecule has 1 aliphatic rings. The van der Waals surface area contributed by atoms with Crippen LogP contribution in [0.4, 0.5) is 0 Å². The number of hydrogen-bond acceptors (Lipinski definition) is 3. The van der Waals surface area contributed by atoms with E-state index < -0.39 is 5.60 Å². The van der Waals surface area contributed by atoms with Crippen LogP contribution in [0.1, 0.15) is 32.6 Å². The van der Waals surface area contributed by atoms with Crippen molar-refractivity contribution in [2.45, 2.75) is 38.2 Å². The summed E-state index contributed by atoms with van der Waals surface area (Å²) in [4.78, 5) is 0. The Labute approximate surface area is 95.4 Å². The normalized spacial score (nSPS) is 34.1. The molecule has 1 saturated carbocycles. The van der Waals surface area contributed by atoms with Crippen LogP contribution in [0.5, 0.6) is 0 Å². The fraction of sp³-hybridized carbons (Fsp3) is 0.900. The molecule has 0 heterocycles. The maximum Gasteiger partial charge on any atom is 0.196 e. The first-order valence-electron chi connectivity index (χ1n) is 5.10. The van der Waals surface area contributed by atoms with Crippen LogP contribution in [0.15, 0.2) is 0 Å². The van der Waals surface area contributed by atoms with E-state index >= 15 is 0 Å². The molecule has 2 nitrogen and oxygen atoms in total. The van der Waals surface area contributed by atoms with E-state index in [4.69, 9.17) is 17.0 Å². The Morgan fingerprint density at radius 2 is 2.14 bits per heavy atom. The number of ether oxygens (including phenoxy) is 1. The van der Waals surface area contributed by atoms with Crippen LogP contribution in [0.3, 0.4) is 0 Å². The third kappa shape index (κ3) is 4.15.